The maximum absolute atomic E-state index is 4.39. The second-order valence-corrected chi connectivity index (χ2v) is 2.65. The molecule has 0 atom stereocenters. The third-order valence-corrected chi connectivity index (χ3v) is 1.71. The van der Waals surface area contributed by atoms with Crippen LogP contribution >= 0.6 is 0 Å². The first-order chi connectivity index (χ1) is 5.77. The molecule has 0 saturated heterocycles. The lowest BCUT2D eigenvalue weighted by Crippen LogP contribution is -1.88. The average molecular weight is 162 g/mol. The van der Waals surface area contributed by atoms with Crippen LogP contribution in [-0.2, 0) is 13.5 Å². The van der Waals surface area contributed by atoms with Gasteiger partial charge in [-0.15, -0.1) is 0 Å². The first kappa shape index (κ1) is 8.78. The van der Waals surface area contributed by atoms with Gasteiger partial charge in [-0.25, -0.2) is 4.98 Å². The highest BCUT2D eigenvalue weighted by atomic mass is 15.0. The van der Waals surface area contributed by atoms with E-state index in [1.807, 2.05) is 30.0 Å². The number of imidazole rings is 1. The number of hydrogen-bond donors (Lipinski definition) is 0. The Bertz CT molecular complexity index is 295. The summed E-state index contributed by atoms with van der Waals surface area (Å²) in [5.41, 5.74) is 1.13. The van der Waals surface area contributed by atoms with Gasteiger partial charge in [0.15, 0.2) is 0 Å². The second-order valence-electron chi connectivity index (χ2n) is 2.65. The summed E-state index contributed by atoms with van der Waals surface area (Å²) in [6, 6.07) is 0. The fourth-order valence-corrected chi connectivity index (χ4v) is 1.02. The first-order valence-corrected chi connectivity index (χ1v) is 4.09. The first-order valence-electron chi connectivity index (χ1n) is 4.09. The Labute approximate surface area is 73.2 Å². The molecule has 0 spiro atoms. The number of aromatic nitrogens is 2. The van der Waals surface area contributed by atoms with Crippen molar-refractivity contribution in [1.82, 2.24) is 9.55 Å². The third-order valence-electron chi connectivity index (χ3n) is 1.71. The predicted molar refractivity (Wildman–Crippen MR) is 51.8 cm³/mol. The number of aryl methyl sites for hydroxylation is 2. The van der Waals surface area contributed by atoms with Gasteiger partial charge in [-0.2, -0.15) is 0 Å². The van der Waals surface area contributed by atoms with Gasteiger partial charge < -0.3 is 4.57 Å². The lowest BCUT2D eigenvalue weighted by Gasteiger charge is -1.90. The van der Waals surface area contributed by atoms with Crippen LogP contribution in [0.3, 0.4) is 0 Å². The van der Waals surface area contributed by atoms with Crippen molar-refractivity contribution in [2.24, 2.45) is 7.05 Å². The van der Waals surface area contributed by atoms with Crippen LogP contribution in [0.4, 0.5) is 0 Å². The number of nitrogens with zero attached hydrogens (tertiary/aromatic N) is 2. The lowest BCUT2D eigenvalue weighted by molar-refractivity contribution is 0.897. The van der Waals surface area contributed by atoms with Crippen molar-refractivity contribution in [2.45, 2.75) is 13.3 Å². The number of allylic oxidation sites excluding steroid dienone is 2. The highest BCUT2D eigenvalue weighted by molar-refractivity contribution is 5.43. The second kappa shape index (κ2) is 3.90. The van der Waals surface area contributed by atoms with Crippen LogP contribution in [-0.4, -0.2) is 9.55 Å². The summed E-state index contributed by atoms with van der Waals surface area (Å²) in [5, 5.41) is 0. The van der Waals surface area contributed by atoms with Gasteiger partial charge in [0.25, 0.3) is 0 Å². The molecule has 0 N–H and O–H groups in total. The quantitative estimate of drug-likeness (QED) is 0.623. The molecule has 2 heteroatoms. The van der Waals surface area contributed by atoms with E-state index in [0.29, 0.717) is 0 Å². The Hall–Kier alpha value is -1.31. The van der Waals surface area contributed by atoms with Crippen molar-refractivity contribution in [3.8, 4) is 0 Å². The number of rotatable bonds is 3. The van der Waals surface area contributed by atoms with E-state index < -0.39 is 0 Å². The molecule has 0 amide bonds. The van der Waals surface area contributed by atoms with Crippen LogP contribution < -0.4 is 0 Å². The van der Waals surface area contributed by atoms with E-state index in [9.17, 15) is 0 Å². The molecule has 0 fully saturated rings. The average Bonchev–Trinajstić information content (AvgIpc) is 2.43. The summed E-state index contributed by atoms with van der Waals surface area (Å²) in [4.78, 5) is 4.39. The van der Waals surface area contributed by atoms with Crippen molar-refractivity contribution >= 4 is 6.08 Å². The molecule has 1 heterocycles. The van der Waals surface area contributed by atoms with Crippen LogP contribution in [0.1, 0.15) is 18.4 Å². The molecule has 1 aromatic heterocycles. The van der Waals surface area contributed by atoms with E-state index in [1.54, 1.807) is 6.08 Å². The Morgan fingerprint density at radius 3 is 2.92 bits per heavy atom. The molecule has 64 valence electrons. The maximum atomic E-state index is 4.39. The molecule has 12 heavy (non-hydrogen) atoms. The lowest BCUT2D eigenvalue weighted by atomic mass is 10.4. The van der Waals surface area contributed by atoms with E-state index >= 15 is 0 Å². The molecule has 0 aliphatic carbocycles. The Morgan fingerprint density at radius 2 is 2.42 bits per heavy atom. The van der Waals surface area contributed by atoms with Crippen molar-refractivity contribution in [2.75, 3.05) is 0 Å². The Balaban J connectivity index is 2.91. The molecule has 1 aromatic rings. The predicted octanol–water partition coefficient (Wildman–Crippen LogP) is 2.18. The molecule has 1 rings (SSSR count). The van der Waals surface area contributed by atoms with Crippen LogP contribution in [0.2, 0.25) is 0 Å². The van der Waals surface area contributed by atoms with Gasteiger partial charge >= 0.3 is 0 Å². The van der Waals surface area contributed by atoms with Crippen LogP contribution in [0.25, 0.3) is 6.08 Å². The largest absolute Gasteiger partial charge is 0.334 e. The van der Waals surface area contributed by atoms with E-state index in [1.165, 1.54) is 0 Å². The minimum absolute atomic E-state index is 0.978. The van der Waals surface area contributed by atoms with E-state index in [4.69, 9.17) is 0 Å². The molecule has 2 nitrogen and oxygen atoms in total. The SMILES string of the molecule is C=C/C=C\c1nc(CC)cn1C. The molecule has 0 aliphatic heterocycles. The summed E-state index contributed by atoms with van der Waals surface area (Å²) in [5.74, 6) is 0.978. The number of hydrogen-bond acceptors (Lipinski definition) is 1. The smallest absolute Gasteiger partial charge is 0.132 e. The van der Waals surface area contributed by atoms with Gasteiger partial charge in [-0.1, -0.05) is 25.7 Å². The van der Waals surface area contributed by atoms with E-state index in [2.05, 4.69) is 18.5 Å². The zero-order chi connectivity index (χ0) is 8.97. The van der Waals surface area contributed by atoms with Gasteiger partial charge in [0.2, 0.25) is 0 Å². The van der Waals surface area contributed by atoms with Crippen molar-refractivity contribution < 1.29 is 0 Å². The zero-order valence-electron chi connectivity index (χ0n) is 7.62. The molecule has 0 aliphatic rings. The molecular formula is C10H14N2. The maximum Gasteiger partial charge on any atom is 0.132 e. The van der Waals surface area contributed by atoms with Crippen LogP contribution in [0.15, 0.2) is 24.9 Å². The summed E-state index contributed by atoms with van der Waals surface area (Å²) in [7, 11) is 1.99. The zero-order valence-corrected chi connectivity index (χ0v) is 7.62. The monoisotopic (exact) mass is 162 g/mol. The molecule has 0 radical (unpaired) electrons. The van der Waals surface area contributed by atoms with Crippen molar-refractivity contribution in [3.63, 3.8) is 0 Å². The summed E-state index contributed by atoms with van der Waals surface area (Å²) >= 11 is 0. The summed E-state index contributed by atoms with van der Waals surface area (Å²) in [6.45, 7) is 5.71. The molecule has 0 saturated carbocycles. The fourth-order valence-electron chi connectivity index (χ4n) is 1.02. The van der Waals surface area contributed by atoms with Gasteiger partial charge in [0.1, 0.15) is 5.82 Å². The van der Waals surface area contributed by atoms with Gasteiger partial charge in [-0.3, -0.25) is 0 Å². The van der Waals surface area contributed by atoms with Gasteiger partial charge in [-0.05, 0) is 12.5 Å². The van der Waals surface area contributed by atoms with Crippen molar-refractivity contribution in [3.05, 3.63) is 36.4 Å². The molecule has 0 bridgehead atoms. The third kappa shape index (κ3) is 1.84. The molecule has 0 aromatic carbocycles. The van der Waals surface area contributed by atoms with E-state index in [0.717, 1.165) is 17.9 Å². The topological polar surface area (TPSA) is 17.8 Å². The summed E-state index contributed by atoms with van der Waals surface area (Å²) in [6.07, 6.45) is 8.62. The normalized spacial score (nSPS) is 10.8. The van der Waals surface area contributed by atoms with Crippen LogP contribution in [0, 0.1) is 0 Å². The molecular weight excluding hydrogens is 148 g/mol. The van der Waals surface area contributed by atoms with Gasteiger partial charge in [0, 0.05) is 13.2 Å². The minimum Gasteiger partial charge on any atom is -0.334 e. The van der Waals surface area contributed by atoms with E-state index in [-0.39, 0.29) is 0 Å². The highest BCUT2D eigenvalue weighted by Gasteiger charge is 1.98. The van der Waals surface area contributed by atoms with Crippen molar-refractivity contribution in [1.29, 1.82) is 0 Å². The fraction of sp³-hybridized carbons (Fsp3) is 0.300. The summed E-state index contributed by atoms with van der Waals surface area (Å²) < 4.78 is 2.01. The minimum atomic E-state index is 0.978. The van der Waals surface area contributed by atoms with Crippen LogP contribution in [0.5, 0.6) is 0 Å². The highest BCUT2D eigenvalue weighted by Crippen LogP contribution is 2.03. The standard InChI is InChI=1S/C10H14N2/c1-4-6-7-10-11-9(5-2)8-12(10)3/h4,6-8H,1,5H2,2-3H3/b7-6-. The Morgan fingerprint density at radius 1 is 1.67 bits per heavy atom. The van der Waals surface area contributed by atoms with Gasteiger partial charge in [0.05, 0.1) is 5.69 Å². The molecule has 0 unspecified atom stereocenters. The Kier molecular flexibility index (Phi) is 2.86.